The first-order valence-corrected chi connectivity index (χ1v) is 9.37. The fraction of sp³-hybridized carbons (Fsp3) is 0.222. The molecule has 1 amide bonds. The summed E-state index contributed by atoms with van der Waals surface area (Å²) >= 11 is 7.30. The molecule has 3 rings (SSSR count). The third-order valence-corrected chi connectivity index (χ3v) is 5.03. The van der Waals surface area contributed by atoms with Crippen LogP contribution in [0.2, 0.25) is 5.02 Å². The molecule has 26 heavy (non-hydrogen) atoms. The highest BCUT2D eigenvalue weighted by Gasteiger charge is 2.14. The Bertz CT molecular complexity index is 985. The Morgan fingerprint density at radius 1 is 1.35 bits per heavy atom. The van der Waals surface area contributed by atoms with Crippen LogP contribution in [0.1, 0.15) is 17.0 Å². The second-order valence-electron chi connectivity index (χ2n) is 5.68. The van der Waals surface area contributed by atoms with E-state index in [0.717, 1.165) is 23.4 Å². The molecular formula is C18H18ClN5OS. The Labute approximate surface area is 160 Å². The standard InChI is InChI=1S/C18H18ClN5OS/c1-4-7-13-11(2)20-17-22-18(23-24(17)12(13)3)26-10-16(25)21-15-9-6-5-8-14(15)19/h4-6,8-9H,1,7,10H2,2-3H3,(H,21,25). The van der Waals surface area contributed by atoms with E-state index in [9.17, 15) is 4.79 Å². The third kappa shape index (κ3) is 3.89. The molecule has 0 aliphatic heterocycles. The van der Waals surface area contributed by atoms with E-state index in [1.165, 1.54) is 11.8 Å². The topological polar surface area (TPSA) is 72.2 Å². The van der Waals surface area contributed by atoms with Crippen molar-refractivity contribution in [3.8, 4) is 0 Å². The van der Waals surface area contributed by atoms with Gasteiger partial charge in [0.2, 0.25) is 11.1 Å². The molecule has 1 aromatic carbocycles. The predicted octanol–water partition coefficient (Wildman–Crippen LogP) is 3.85. The molecular weight excluding hydrogens is 370 g/mol. The van der Waals surface area contributed by atoms with E-state index in [2.05, 4.69) is 27.0 Å². The molecule has 0 spiro atoms. The van der Waals surface area contributed by atoms with Crippen molar-refractivity contribution >= 4 is 40.7 Å². The largest absolute Gasteiger partial charge is 0.324 e. The molecule has 0 saturated heterocycles. The first-order valence-electron chi connectivity index (χ1n) is 8.00. The highest BCUT2D eigenvalue weighted by molar-refractivity contribution is 7.99. The molecule has 2 aromatic heterocycles. The lowest BCUT2D eigenvalue weighted by Crippen LogP contribution is -2.14. The SMILES string of the molecule is C=CCc1c(C)nc2nc(SCC(=O)Nc3ccccc3Cl)nn2c1C. The maximum atomic E-state index is 12.1. The van der Waals surface area contributed by atoms with Gasteiger partial charge in [-0.3, -0.25) is 4.79 Å². The number of hydrogen-bond acceptors (Lipinski definition) is 5. The van der Waals surface area contributed by atoms with Crippen LogP contribution in [0, 0.1) is 13.8 Å². The van der Waals surface area contributed by atoms with E-state index in [1.54, 1.807) is 16.6 Å². The number of thioether (sulfide) groups is 1. The van der Waals surface area contributed by atoms with Gasteiger partial charge < -0.3 is 5.32 Å². The molecule has 0 bridgehead atoms. The van der Waals surface area contributed by atoms with Crippen LogP contribution in [0.3, 0.4) is 0 Å². The summed E-state index contributed by atoms with van der Waals surface area (Å²) in [6.45, 7) is 7.71. The van der Waals surface area contributed by atoms with Crippen molar-refractivity contribution in [1.29, 1.82) is 0 Å². The molecule has 0 saturated carbocycles. The Kier molecular flexibility index (Phi) is 5.58. The van der Waals surface area contributed by atoms with E-state index >= 15 is 0 Å². The summed E-state index contributed by atoms with van der Waals surface area (Å²) in [5.74, 6) is 0.539. The maximum absolute atomic E-state index is 12.1. The zero-order valence-corrected chi connectivity index (χ0v) is 16.1. The van der Waals surface area contributed by atoms with E-state index in [0.29, 0.717) is 21.6 Å². The lowest BCUT2D eigenvalue weighted by atomic mass is 10.1. The number of anilines is 1. The lowest BCUT2D eigenvalue weighted by Gasteiger charge is -2.07. The van der Waals surface area contributed by atoms with Crippen LogP contribution in [0.5, 0.6) is 0 Å². The van der Waals surface area contributed by atoms with Gasteiger partial charge in [0.05, 0.1) is 16.5 Å². The van der Waals surface area contributed by atoms with Crippen LogP contribution in [0.4, 0.5) is 5.69 Å². The molecule has 6 nitrogen and oxygen atoms in total. The number of halogens is 1. The first-order chi connectivity index (χ1) is 12.5. The van der Waals surface area contributed by atoms with Crippen molar-refractivity contribution in [2.75, 3.05) is 11.1 Å². The van der Waals surface area contributed by atoms with Gasteiger partial charge in [0.25, 0.3) is 5.78 Å². The Hall–Kier alpha value is -2.38. The molecule has 0 atom stereocenters. The van der Waals surface area contributed by atoms with Gasteiger partial charge in [-0.1, -0.05) is 41.6 Å². The molecule has 0 fully saturated rings. The summed E-state index contributed by atoms with van der Waals surface area (Å²) in [5, 5.41) is 8.24. The smallest absolute Gasteiger partial charge is 0.253 e. The van der Waals surface area contributed by atoms with Gasteiger partial charge >= 0.3 is 0 Å². The number of carbonyl (C=O) groups is 1. The molecule has 1 N–H and O–H groups in total. The number of nitrogens with zero attached hydrogens (tertiary/aromatic N) is 4. The number of allylic oxidation sites excluding steroid dienone is 1. The molecule has 0 aliphatic carbocycles. The Morgan fingerprint density at radius 2 is 2.12 bits per heavy atom. The third-order valence-electron chi connectivity index (χ3n) is 3.86. The molecule has 0 unspecified atom stereocenters. The number of hydrogen-bond donors (Lipinski definition) is 1. The molecule has 134 valence electrons. The molecule has 0 radical (unpaired) electrons. The average molecular weight is 388 g/mol. The first kappa shape index (κ1) is 18.4. The van der Waals surface area contributed by atoms with Gasteiger partial charge in [-0.2, -0.15) is 4.98 Å². The monoisotopic (exact) mass is 387 g/mol. The second-order valence-corrected chi connectivity index (χ2v) is 7.03. The van der Waals surface area contributed by atoms with Crippen molar-refractivity contribution in [2.45, 2.75) is 25.4 Å². The van der Waals surface area contributed by atoms with Crippen LogP contribution in [0.15, 0.2) is 42.1 Å². The van der Waals surface area contributed by atoms with E-state index in [1.807, 2.05) is 32.1 Å². The fourth-order valence-electron chi connectivity index (χ4n) is 2.57. The Morgan fingerprint density at radius 3 is 2.85 bits per heavy atom. The highest BCUT2D eigenvalue weighted by atomic mass is 35.5. The minimum atomic E-state index is -0.171. The van der Waals surface area contributed by atoms with Gasteiger partial charge in [-0.15, -0.1) is 11.7 Å². The fourth-order valence-corrected chi connectivity index (χ4v) is 3.37. The van der Waals surface area contributed by atoms with Crippen molar-refractivity contribution < 1.29 is 4.79 Å². The van der Waals surface area contributed by atoms with Gasteiger partial charge in [0.15, 0.2) is 0 Å². The van der Waals surface area contributed by atoms with Crippen LogP contribution in [-0.4, -0.2) is 31.2 Å². The zero-order valence-electron chi connectivity index (χ0n) is 14.5. The average Bonchev–Trinajstić information content (AvgIpc) is 3.02. The van der Waals surface area contributed by atoms with Crippen LogP contribution < -0.4 is 5.32 Å². The number of benzene rings is 1. The minimum absolute atomic E-state index is 0.171. The molecule has 0 aliphatic rings. The number of nitrogens with one attached hydrogen (secondary N) is 1. The van der Waals surface area contributed by atoms with Gasteiger partial charge in [-0.05, 0) is 38.0 Å². The van der Waals surface area contributed by atoms with Crippen LogP contribution in [-0.2, 0) is 11.2 Å². The van der Waals surface area contributed by atoms with E-state index in [-0.39, 0.29) is 11.7 Å². The van der Waals surface area contributed by atoms with Crippen LogP contribution >= 0.6 is 23.4 Å². The molecule has 2 heterocycles. The van der Waals surface area contributed by atoms with E-state index in [4.69, 9.17) is 11.6 Å². The second kappa shape index (κ2) is 7.88. The van der Waals surface area contributed by atoms with Crippen molar-refractivity contribution in [3.63, 3.8) is 0 Å². The van der Waals surface area contributed by atoms with Crippen LogP contribution in [0.25, 0.3) is 5.78 Å². The predicted molar refractivity (Wildman–Crippen MR) is 105 cm³/mol. The number of aromatic nitrogens is 4. The highest BCUT2D eigenvalue weighted by Crippen LogP contribution is 2.22. The lowest BCUT2D eigenvalue weighted by molar-refractivity contribution is -0.113. The van der Waals surface area contributed by atoms with Crippen molar-refractivity contribution in [3.05, 3.63) is 58.9 Å². The normalized spacial score (nSPS) is 10.9. The van der Waals surface area contributed by atoms with Gasteiger partial charge in [0, 0.05) is 11.4 Å². The summed E-state index contributed by atoms with van der Waals surface area (Å²) in [4.78, 5) is 21.0. The molecule has 3 aromatic rings. The summed E-state index contributed by atoms with van der Waals surface area (Å²) in [5.41, 5.74) is 3.57. The summed E-state index contributed by atoms with van der Waals surface area (Å²) < 4.78 is 1.71. The van der Waals surface area contributed by atoms with Crippen molar-refractivity contribution in [1.82, 2.24) is 19.6 Å². The number of rotatable bonds is 6. The number of aryl methyl sites for hydroxylation is 2. The Balaban J connectivity index is 1.73. The number of fused-ring (bicyclic) bond motifs is 1. The number of carbonyl (C=O) groups excluding carboxylic acids is 1. The number of para-hydroxylation sites is 1. The summed E-state index contributed by atoms with van der Waals surface area (Å²) in [7, 11) is 0. The molecule has 8 heteroatoms. The van der Waals surface area contributed by atoms with Gasteiger partial charge in [0.1, 0.15) is 0 Å². The maximum Gasteiger partial charge on any atom is 0.253 e. The summed E-state index contributed by atoms with van der Waals surface area (Å²) in [6, 6.07) is 7.11. The van der Waals surface area contributed by atoms with Crippen molar-refractivity contribution in [2.24, 2.45) is 0 Å². The quantitative estimate of drug-likeness (QED) is 0.513. The van der Waals surface area contributed by atoms with Gasteiger partial charge in [-0.25, -0.2) is 9.50 Å². The zero-order chi connectivity index (χ0) is 18.7. The number of amides is 1. The minimum Gasteiger partial charge on any atom is -0.324 e. The summed E-state index contributed by atoms with van der Waals surface area (Å²) in [6.07, 6.45) is 2.57. The van der Waals surface area contributed by atoms with E-state index < -0.39 is 0 Å².